The molecule has 1 N–H and O–H groups in total. The van der Waals surface area contributed by atoms with Gasteiger partial charge in [-0.1, -0.05) is 35.9 Å². The molecule has 34 heavy (non-hydrogen) atoms. The van der Waals surface area contributed by atoms with Crippen LogP contribution >= 0.6 is 27.5 Å². The van der Waals surface area contributed by atoms with E-state index < -0.39 is 22.5 Å². The van der Waals surface area contributed by atoms with Gasteiger partial charge in [-0.15, -0.1) is 0 Å². The molecule has 176 valence electrons. The van der Waals surface area contributed by atoms with Gasteiger partial charge in [0.15, 0.2) is 11.5 Å². The van der Waals surface area contributed by atoms with Crippen molar-refractivity contribution in [3.63, 3.8) is 0 Å². The van der Waals surface area contributed by atoms with E-state index in [2.05, 4.69) is 26.5 Å². The molecule has 0 aromatic heterocycles. The molecule has 1 heterocycles. The third-order valence-electron chi connectivity index (χ3n) is 4.94. The van der Waals surface area contributed by atoms with E-state index in [0.29, 0.717) is 37.8 Å². The Bertz CT molecular complexity index is 1370. The second-order valence-corrected chi connectivity index (χ2v) is 10.4. The molecule has 3 aromatic rings. The second kappa shape index (κ2) is 10.0. The molecule has 3 aromatic carbocycles. The number of nitrogens with zero attached hydrogens (tertiary/aromatic N) is 2. The van der Waals surface area contributed by atoms with Crippen LogP contribution in [0.25, 0.3) is 0 Å². The van der Waals surface area contributed by atoms with Crippen molar-refractivity contribution in [1.29, 1.82) is 0 Å². The molecule has 0 saturated heterocycles. The average molecular weight is 565 g/mol. The maximum absolute atomic E-state index is 13.4. The Balaban J connectivity index is 1.58. The van der Waals surface area contributed by atoms with Gasteiger partial charge in [0.25, 0.3) is 15.9 Å². The molecule has 11 heteroatoms. The number of hydrazone groups is 1. The van der Waals surface area contributed by atoms with Gasteiger partial charge < -0.3 is 9.47 Å². The Kier molecular flexibility index (Phi) is 7.11. The minimum Gasteiger partial charge on any atom is -0.454 e. The maximum atomic E-state index is 13.4. The Morgan fingerprint density at radius 3 is 2.59 bits per heavy atom. The number of rotatable bonds is 7. The molecule has 0 radical (unpaired) electrons. The summed E-state index contributed by atoms with van der Waals surface area (Å²) in [5.74, 6) is 0.534. The number of nitrogens with one attached hydrogen (secondary N) is 1. The second-order valence-electron chi connectivity index (χ2n) is 7.28. The number of benzene rings is 3. The lowest BCUT2D eigenvalue weighted by Gasteiger charge is -2.25. The molecule has 0 atom stereocenters. The first-order valence-corrected chi connectivity index (χ1v) is 12.6. The highest BCUT2D eigenvalue weighted by atomic mass is 79.9. The molecule has 1 aliphatic rings. The Morgan fingerprint density at radius 1 is 1.15 bits per heavy atom. The third-order valence-corrected chi connectivity index (χ3v) is 7.64. The fraction of sp³-hybridized carbons (Fsp3) is 0.130. The zero-order valence-electron chi connectivity index (χ0n) is 17.9. The van der Waals surface area contributed by atoms with Crippen LogP contribution in [-0.4, -0.2) is 33.9 Å². The number of amides is 1. The Labute approximate surface area is 210 Å². The quantitative estimate of drug-likeness (QED) is 0.337. The summed E-state index contributed by atoms with van der Waals surface area (Å²) in [7, 11) is -4.06. The van der Waals surface area contributed by atoms with Crippen LogP contribution in [0.2, 0.25) is 5.02 Å². The van der Waals surface area contributed by atoms with Crippen LogP contribution in [0.15, 0.2) is 75.1 Å². The van der Waals surface area contributed by atoms with Gasteiger partial charge in [-0.25, -0.2) is 13.8 Å². The van der Waals surface area contributed by atoms with Crippen LogP contribution in [0.5, 0.6) is 11.5 Å². The lowest BCUT2D eigenvalue weighted by molar-refractivity contribution is -0.119. The minimum atomic E-state index is -4.06. The summed E-state index contributed by atoms with van der Waals surface area (Å²) in [6, 6.07) is 16.2. The number of aryl methyl sites for hydroxylation is 1. The molecule has 0 unspecified atom stereocenters. The topological polar surface area (TPSA) is 97.3 Å². The number of fused-ring (bicyclic) bond motifs is 1. The monoisotopic (exact) mass is 563 g/mol. The van der Waals surface area contributed by atoms with Gasteiger partial charge in [0, 0.05) is 15.1 Å². The van der Waals surface area contributed by atoms with E-state index in [-0.39, 0.29) is 11.7 Å². The van der Waals surface area contributed by atoms with E-state index in [1.807, 2.05) is 0 Å². The highest BCUT2D eigenvalue weighted by Crippen LogP contribution is 2.36. The minimum absolute atomic E-state index is 0.0509. The van der Waals surface area contributed by atoms with Crippen LogP contribution in [0.4, 0.5) is 5.69 Å². The molecule has 0 saturated carbocycles. The van der Waals surface area contributed by atoms with Crippen molar-refractivity contribution in [3.05, 3.63) is 81.3 Å². The largest absolute Gasteiger partial charge is 0.454 e. The van der Waals surface area contributed by atoms with Crippen molar-refractivity contribution >= 4 is 55.4 Å². The van der Waals surface area contributed by atoms with Crippen LogP contribution in [-0.2, 0) is 14.8 Å². The van der Waals surface area contributed by atoms with Gasteiger partial charge >= 0.3 is 0 Å². The summed E-state index contributed by atoms with van der Waals surface area (Å²) in [5, 5.41) is 4.32. The van der Waals surface area contributed by atoms with Crippen molar-refractivity contribution in [2.75, 3.05) is 17.6 Å². The number of halogens is 2. The zero-order chi connectivity index (χ0) is 24.3. The predicted molar refractivity (Wildman–Crippen MR) is 133 cm³/mol. The van der Waals surface area contributed by atoms with Gasteiger partial charge in [0.05, 0.1) is 16.8 Å². The van der Waals surface area contributed by atoms with E-state index in [1.54, 1.807) is 49.4 Å². The van der Waals surface area contributed by atoms with Crippen LogP contribution in [0.1, 0.15) is 11.1 Å². The molecule has 1 amide bonds. The molecule has 1 aliphatic heterocycles. The number of hydrogen-bond acceptors (Lipinski definition) is 6. The van der Waals surface area contributed by atoms with Crippen LogP contribution in [0, 0.1) is 6.92 Å². The summed E-state index contributed by atoms with van der Waals surface area (Å²) >= 11 is 9.55. The van der Waals surface area contributed by atoms with Crippen molar-refractivity contribution in [1.82, 2.24) is 5.43 Å². The summed E-state index contributed by atoms with van der Waals surface area (Å²) in [5.41, 5.74) is 3.97. The predicted octanol–water partition coefficient (Wildman–Crippen LogP) is 4.49. The number of hydrogen-bond donors (Lipinski definition) is 1. The standard InChI is InChI=1S/C23H19BrClN3O5S/c1-15-7-8-17(25)10-20(15)28(34(30,31)18-5-3-2-4-6-18)13-23(29)27-26-12-16-9-21-22(11-19(16)24)33-14-32-21/h2-12H,13-14H2,1H3,(H,27,29)/b26-12-. The van der Waals surface area contributed by atoms with Gasteiger partial charge in [-0.05, 0) is 64.8 Å². The molecule has 0 aliphatic carbocycles. The molecule has 0 spiro atoms. The molecule has 4 rings (SSSR count). The number of ether oxygens (including phenoxy) is 2. The maximum Gasteiger partial charge on any atom is 0.264 e. The smallest absolute Gasteiger partial charge is 0.264 e. The molecular weight excluding hydrogens is 546 g/mol. The van der Waals surface area contributed by atoms with Crippen molar-refractivity contribution in [3.8, 4) is 11.5 Å². The van der Waals surface area contributed by atoms with E-state index in [4.69, 9.17) is 21.1 Å². The SMILES string of the molecule is Cc1ccc(Cl)cc1N(CC(=O)N/N=C\c1cc2c(cc1Br)OCO2)S(=O)(=O)c1ccccc1. The summed E-state index contributed by atoms with van der Waals surface area (Å²) < 4.78 is 39.2. The van der Waals surface area contributed by atoms with E-state index in [9.17, 15) is 13.2 Å². The van der Waals surface area contributed by atoms with Crippen molar-refractivity contribution < 1.29 is 22.7 Å². The highest BCUT2D eigenvalue weighted by Gasteiger charge is 2.28. The molecule has 0 fully saturated rings. The fourth-order valence-corrected chi connectivity index (χ4v) is 5.33. The van der Waals surface area contributed by atoms with Crippen LogP contribution in [0.3, 0.4) is 0 Å². The highest BCUT2D eigenvalue weighted by molar-refractivity contribution is 9.10. The fourth-order valence-electron chi connectivity index (χ4n) is 3.24. The Morgan fingerprint density at radius 2 is 1.85 bits per heavy atom. The number of anilines is 1. The molecule has 0 bridgehead atoms. The number of carbonyl (C=O) groups is 1. The normalized spacial score (nSPS) is 12.7. The first kappa shape index (κ1) is 24.1. The lowest BCUT2D eigenvalue weighted by atomic mass is 10.2. The molecular formula is C23H19BrClN3O5S. The van der Waals surface area contributed by atoms with Crippen molar-refractivity contribution in [2.45, 2.75) is 11.8 Å². The van der Waals surface area contributed by atoms with Crippen molar-refractivity contribution in [2.24, 2.45) is 5.10 Å². The number of sulfonamides is 1. The lowest BCUT2D eigenvalue weighted by Crippen LogP contribution is -2.40. The van der Waals surface area contributed by atoms with Crippen LogP contribution < -0.4 is 19.2 Å². The summed E-state index contributed by atoms with van der Waals surface area (Å²) in [6.45, 7) is 1.37. The number of carbonyl (C=O) groups excluding carboxylic acids is 1. The van der Waals surface area contributed by atoms with E-state index >= 15 is 0 Å². The average Bonchev–Trinajstić information content (AvgIpc) is 3.27. The van der Waals surface area contributed by atoms with Gasteiger partial charge in [-0.2, -0.15) is 5.10 Å². The molecule has 8 nitrogen and oxygen atoms in total. The zero-order valence-corrected chi connectivity index (χ0v) is 21.0. The summed E-state index contributed by atoms with van der Waals surface area (Å²) in [6.07, 6.45) is 1.42. The van der Waals surface area contributed by atoms with E-state index in [0.717, 1.165) is 4.31 Å². The first-order valence-electron chi connectivity index (χ1n) is 10.0. The third kappa shape index (κ3) is 5.19. The first-order chi connectivity index (χ1) is 16.3. The van der Waals surface area contributed by atoms with Gasteiger partial charge in [0.1, 0.15) is 6.54 Å². The summed E-state index contributed by atoms with van der Waals surface area (Å²) in [4.78, 5) is 12.8. The van der Waals surface area contributed by atoms with Gasteiger partial charge in [0.2, 0.25) is 6.79 Å². The van der Waals surface area contributed by atoms with E-state index in [1.165, 1.54) is 24.4 Å². The Hall–Kier alpha value is -3.08. The van der Waals surface area contributed by atoms with Gasteiger partial charge in [-0.3, -0.25) is 9.10 Å².